The number of allylic oxidation sites excluding steroid dienone is 1. The molecule has 2 heterocycles. The van der Waals surface area contributed by atoms with Crippen LogP contribution in [0.5, 0.6) is 0 Å². The Bertz CT molecular complexity index is 1080. The number of nitrogens with one attached hydrogen (secondary N) is 1. The fraction of sp³-hybridized carbons (Fsp3) is 0.440. The van der Waals surface area contributed by atoms with Crippen LogP contribution < -0.4 is 16.2 Å². The number of rotatable bonds is 9. The summed E-state index contributed by atoms with van der Waals surface area (Å²) < 4.78 is 20.1. The number of esters is 3. The van der Waals surface area contributed by atoms with Crippen molar-refractivity contribution in [2.45, 2.75) is 38.7 Å². The molecule has 2 aliphatic heterocycles. The Morgan fingerprint density at radius 1 is 1.22 bits per heavy atom. The predicted molar refractivity (Wildman–Crippen MR) is 130 cm³/mol. The second kappa shape index (κ2) is 14.4. The fourth-order valence-corrected chi connectivity index (χ4v) is 4.05. The summed E-state index contributed by atoms with van der Waals surface area (Å²) in [5.74, 6) is -3.62. The highest BCUT2D eigenvalue weighted by Crippen LogP contribution is 2.41. The number of methoxy groups -OCH3 is 1. The minimum atomic E-state index is -1.30. The van der Waals surface area contributed by atoms with Crippen molar-refractivity contribution >= 4 is 35.5 Å². The maximum absolute atomic E-state index is 12.9. The molecule has 3 N–H and O–H groups in total. The number of carbonyl (C=O) groups is 4. The number of carboxylic acids is 1. The number of cyclic esters (lactones) is 1. The molecule has 0 aliphatic carbocycles. The summed E-state index contributed by atoms with van der Waals surface area (Å²) in [6, 6.07) is 7.05. The van der Waals surface area contributed by atoms with Crippen molar-refractivity contribution in [2.24, 2.45) is 5.73 Å². The topological polar surface area (TPSA) is 166 Å². The first-order chi connectivity index (χ1) is 17.7. The van der Waals surface area contributed by atoms with Gasteiger partial charge in [-0.05, 0) is 25.5 Å². The van der Waals surface area contributed by atoms with Gasteiger partial charge in [0.2, 0.25) is 0 Å². The number of hydrogen-bond donors (Lipinski definition) is 2. The van der Waals surface area contributed by atoms with Crippen LogP contribution in [0.2, 0.25) is 5.02 Å². The molecule has 0 radical (unpaired) electrons. The Labute approximate surface area is 219 Å². The van der Waals surface area contributed by atoms with Crippen LogP contribution in [0.3, 0.4) is 0 Å². The molecule has 0 bridgehead atoms. The van der Waals surface area contributed by atoms with E-state index in [1.165, 1.54) is 7.11 Å². The summed E-state index contributed by atoms with van der Waals surface area (Å²) in [6.07, 6.45) is -0.558. The zero-order valence-corrected chi connectivity index (χ0v) is 21.6. The van der Waals surface area contributed by atoms with E-state index in [2.05, 4.69) is 10.1 Å². The van der Waals surface area contributed by atoms with Crippen molar-refractivity contribution in [3.05, 3.63) is 57.4 Å². The van der Waals surface area contributed by atoms with Crippen LogP contribution in [0.1, 0.15) is 38.2 Å². The van der Waals surface area contributed by atoms with Crippen LogP contribution in [-0.4, -0.2) is 63.5 Å². The summed E-state index contributed by atoms with van der Waals surface area (Å²) >= 11 is 6.42. The smallest absolute Gasteiger partial charge is 0.336 e. The molecule has 37 heavy (non-hydrogen) atoms. The third kappa shape index (κ3) is 7.78. The quantitative estimate of drug-likeness (QED) is 0.258. The van der Waals surface area contributed by atoms with Crippen LogP contribution in [0.15, 0.2) is 46.8 Å². The zero-order chi connectivity index (χ0) is 27.5. The number of dihydropyridines is 1. The summed E-state index contributed by atoms with van der Waals surface area (Å²) in [7, 11) is 1.29. The Balaban J connectivity index is 0.000000449. The molecule has 11 nitrogen and oxygen atoms in total. The lowest BCUT2D eigenvalue weighted by Crippen LogP contribution is -2.35. The molecule has 202 valence electrons. The second-order valence-electron chi connectivity index (χ2n) is 7.90. The van der Waals surface area contributed by atoms with Gasteiger partial charge < -0.3 is 39.9 Å². The average molecular weight is 538 g/mol. The predicted octanol–water partition coefficient (Wildman–Crippen LogP) is 0.708. The van der Waals surface area contributed by atoms with Crippen LogP contribution in [0.4, 0.5) is 0 Å². The largest absolute Gasteiger partial charge is 0.546 e. The maximum atomic E-state index is 12.9. The normalized spacial score (nSPS) is 18.9. The number of carbonyl (C=O) groups excluding carboxylic acids is 4. The minimum absolute atomic E-state index is 0.109. The van der Waals surface area contributed by atoms with Crippen molar-refractivity contribution in [3.8, 4) is 0 Å². The molecular weight excluding hydrogens is 508 g/mol. The number of halogens is 1. The molecule has 2 atom stereocenters. The molecule has 0 aromatic heterocycles. The number of aliphatic carboxylic acids is 1. The first-order valence-corrected chi connectivity index (χ1v) is 11.9. The number of benzene rings is 1. The van der Waals surface area contributed by atoms with Gasteiger partial charge in [-0.2, -0.15) is 0 Å². The van der Waals surface area contributed by atoms with Gasteiger partial charge in [-0.3, -0.25) is 4.79 Å². The number of ether oxygens (including phenoxy) is 4. The highest BCUT2D eigenvalue weighted by Gasteiger charge is 2.39. The number of carboxylic acid groups (broad SMARTS) is 1. The van der Waals surface area contributed by atoms with E-state index >= 15 is 0 Å². The monoisotopic (exact) mass is 537 g/mol. The Kier molecular flexibility index (Phi) is 11.6. The molecule has 1 aromatic carbocycles. The first-order valence-electron chi connectivity index (χ1n) is 11.5. The van der Waals surface area contributed by atoms with Gasteiger partial charge in [0.05, 0.1) is 55.7 Å². The first kappa shape index (κ1) is 29.8. The van der Waals surface area contributed by atoms with Gasteiger partial charge in [0.1, 0.15) is 6.10 Å². The molecule has 0 spiro atoms. The highest BCUT2D eigenvalue weighted by atomic mass is 35.5. The molecule has 0 amide bonds. The molecule has 2 aliphatic rings. The zero-order valence-electron chi connectivity index (χ0n) is 20.8. The van der Waals surface area contributed by atoms with E-state index < -0.39 is 35.9 Å². The van der Waals surface area contributed by atoms with E-state index in [-0.39, 0.29) is 31.6 Å². The average Bonchev–Trinajstić information content (AvgIpc) is 3.31. The Morgan fingerprint density at radius 3 is 2.43 bits per heavy atom. The second-order valence-corrected chi connectivity index (χ2v) is 8.31. The van der Waals surface area contributed by atoms with Crippen molar-refractivity contribution in [1.29, 1.82) is 0 Å². The third-order valence-electron chi connectivity index (χ3n) is 5.42. The van der Waals surface area contributed by atoms with E-state index in [9.17, 15) is 24.3 Å². The fourth-order valence-electron chi connectivity index (χ4n) is 3.81. The number of hydrogen-bond acceptors (Lipinski definition) is 11. The lowest BCUT2D eigenvalue weighted by Gasteiger charge is -2.31. The highest BCUT2D eigenvalue weighted by molar-refractivity contribution is 6.31. The van der Waals surface area contributed by atoms with Gasteiger partial charge in [0, 0.05) is 30.1 Å². The van der Waals surface area contributed by atoms with Gasteiger partial charge in [-0.25, -0.2) is 9.59 Å². The molecule has 1 aromatic rings. The van der Waals surface area contributed by atoms with Crippen LogP contribution in [0, 0.1) is 0 Å². The van der Waals surface area contributed by atoms with Gasteiger partial charge in [0.25, 0.3) is 0 Å². The van der Waals surface area contributed by atoms with E-state index in [0.717, 1.165) is 0 Å². The van der Waals surface area contributed by atoms with E-state index in [1.807, 2.05) is 0 Å². The molecule has 3 rings (SSSR count). The molecule has 2 unspecified atom stereocenters. The van der Waals surface area contributed by atoms with Gasteiger partial charge in [0.15, 0.2) is 0 Å². The summed E-state index contributed by atoms with van der Waals surface area (Å²) in [5.41, 5.74) is 7.70. The lowest BCUT2D eigenvalue weighted by molar-refractivity contribution is -0.314. The molecule has 0 saturated carbocycles. The summed E-state index contributed by atoms with van der Waals surface area (Å²) in [4.78, 5) is 45.7. The maximum Gasteiger partial charge on any atom is 0.336 e. The third-order valence-corrected chi connectivity index (χ3v) is 5.76. The minimum Gasteiger partial charge on any atom is -0.546 e. The van der Waals surface area contributed by atoms with Gasteiger partial charge >= 0.3 is 17.9 Å². The van der Waals surface area contributed by atoms with Gasteiger partial charge in [-0.15, -0.1) is 0 Å². The van der Waals surface area contributed by atoms with Crippen molar-refractivity contribution in [2.75, 3.05) is 33.5 Å². The molecular formula is C25H30ClN2O9-. The number of nitrogens with two attached hydrogens (primary N) is 1. The molecule has 1 fully saturated rings. The molecule has 1 saturated heterocycles. The van der Waals surface area contributed by atoms with Crippen LogP contribution in [-0.2, 0) is 38.1 Å². The standard InChI is InChI=1S/C20H25ClN2O5.C5H6O4/c1-4-28-20(25)18-15(11-27-10-9-22)23-12(2)16(19(24)26-3)17(18)13-7-5-6-8-14(13)21;6-4-2-1-3(9-4)5(7)8/h5-8,17,23H,4,9-11,22H2,1-3H3;3H,1-2H2,(H,7,8)/p-1. The van der Waals surface area contributed by atoms with Crippen LogP contribution in [0.25, 0.3) is 0 Å². The Hall–Kier alpha value is -3.41. The summed E-state index contributed by atoms with van der Waals surface area (Å²) in [5, 5.41) is 13.5. The Morgan fingerprint density at radius 2 is 1.92 bits per heavy atom. The van der Waals surface area contributed by atoms with E-state index in [4.69, 9.17) is 31.5 Å². The summed E-state index contributed by atoms with van der Waals surface area (Å²) in [6.45, 7) is 4.42. The van der Waals surface area contributed by atoms with E-state index in [0.29, 0.717) is 40.7 Å². The SMILES string of the molecule is CCOC(=O)C1=C(COCCN)NC(C)=C(C(=O)OC)C1c1ccccc1Cl.O=C1CCC(C(=O)[O-])O1. The van der Waals surface area contributed by atoms with E-state index in [1.54, 1.807) is 38.1 Å². The van der Waals surface area contributed by atoms with Gasteiger partial charge in [-0.1, -0.05) is 29.8 Å². The molecule has 12 heteroatoms. The van der Waals surface area contributed by atoms with Crippen molar-refractivity contribution in [1.82, 2.24) is 5.32 Å². The van der Waals surface area contributed by atoms with Crippen LogP contribution >= 0.6 is 11.6 Å². The lowest BCUT2D eigenvalue weighted by atomic mass is 9.80. The van der Waals surface area contributed by atoms with Crippen molar-refractivity contribution < 1.29 is 43.2 Å². The van der Waals surface area contributed by atoms with Crippen molar-refractivity contribution in [3.63, 3.8) is 0 Å².